The highest BCUT2D eigenvalue weighted by Gasteiger charge is 2.62. The van der Waals surface area contributed by atoms with Crippen molar-refractivity contribution in [2.75, 3.05) is 4.90 Å². The highest BCUT2D eigenvalue weighted by molar-refractivity contribution is 6.23. The highest BCUT2D eigenvalue weighted by Crippen LogP contribution is 2.52. The Labute approximate surface area is 180 Å². The molecule has 3 aromatic rings. The van der Waals surface area contributed by atoms with Crippen molar-refractivity contribution in [3.05, 3.63) is 95.1 Å². The number of fused-ring (bicyclic) bond motifs is 1. The van der Waals surface area contributed by atoms with Crippen LogP contribution in [0, 0.1) is 19.8 Å². The van der Waals surface area contributed by atoms with Crippen molar-refractivity contribution < 1.29 is 19.1 Å². The molecule has 154 valence electrons. The summed E-state index contributed by atoms with van der Waals surface area (Å²) in [6.07, 6.45) is -0.0654. The minimum absolute atomic E-state index is 0.0654. The molecular weight excluding hydrogens is 390 g/mol. The number of amides is 2. The molecule has 0 aromatic heterocycles. The first-order chi connectivity index (χ1) is 14.9. The summed E-state index contributed by atoms with van der Waals surface area (Å²) in [6.45, 7) is 3.87. The number of aryl methyl sites for hydroxylation is 2. The van der Waals surface area contributed by atoms with Crippen LogP contribution in [0.15, 0.2) is 72.8 Å². The number of carbonyl (C=O) groups is 3. The van der Waals surface area contributed by atoms with E-state index < -0.39 is 17.3 Å². The largest absolute Gasteiger partial charge is 0.425 e. The Morgan fingerprint density at radius 3 is 2.26 bits per heavy atom. The monoisotopic (exact) mass is 411 g/mol. The third kappa shape index (κ3) is 2.73. The van der Waals surface area contributed by atoms with Gasteiger partial charge in [-0.15, -0.1) is 0 Å². The molecule has 0 spiro atoms. The van der Waals surface area contributed by atoms with E-state index in [0.717, 1.165) is 11.1 Å². The maximum absolute atomic E-state index is 13.7. The van der Waals surface area contributed by atoms with E-state index in [1.807, 2.05) is 68.4 Å². The fourth-order valence-corrected chi connectivity index (χ4v) is 4.77. The number of nitrogens with zero attached hydrogens (tertiary/aromatic N) is 1. The molecule has 0 bridgehead atoms. The summed E-state index contributed by atoms with van der Waals surface area (Å²) < 4.78 is 5.66. The summed E-state index contributed by atoms with van der Waals surface area (Å²) in [4.78, 5) is 41.4. The lowest BCUT2D eigenvalue weighted by molar-refractivity contribution is -0.141. The number of carbonyl (C=O) groups excluding carboxylic acids is 3. The van der Waals surface area contributed by atoms with E-state index in [1.165, 1.54) is 4.90 Å². The number of hydrogen-bond acceptors (Lipinski definition) is 4. The minimum atomic E-state index is -1.37. The maximum Gasteiger partial charge on any atom is 0.327 e. The predicted octanol–water partition coefficient (Wildman–Crippen LogP) is 4.09. The number of rotatable bonds is 3. The Morgan fingerprint density at radius 1 is 0.871 bits per heavy atom. The number of esters is 1. The Kier molecular flexibility index (Phi) is 4.29. The van der Waals surface area contributed by atoms with Gasteiger partial charge in [0.05, 0.1) is 11.6 Å². The van der Waals surface area contributed by atoms with Crippen molar-refractivity contribution in [3.63, 3.8) is 0 Å². The van der Waals surface area contributed by atoms with Gasteiger partial charge < -0.3 is 4.74 Å². The van der Waals surface area contributed by atoms with Crippen LogP contribution in [0.3, 0.4) is 0 Å². The van der Waals surface area contributed by atoms with Gasteiger partial charge in [-0.05, 0) is 37.6 Å². The van der Waals surface area contributed by atoms with Gasteiger partial charge in [-0.25, -0.2) is 0 Å². The van der Waals surface area contributed by atoms with Crippen LogP contribution in [-0.4, -0.2) is 17.8 Å². The van der Waals surface area contributed by atoms with Crippen LogP contribution in [0.5, 0.6) is 5.75 Å². The second kappa shape index (κ2) is 6.91. The van der Waals surface area contributed by atoms with E-state index >= 15 is 0 Å². The Morgan fingerprint density at radius 2 is 1.55 bits per heavy atom. The molecule has 0 saturated carbocycles. The van der Waals surface area contributed by atoms with Crippen molar-refractivity contribution in [2.45, 2.75) is 25.7 Å². The molecule has 5 rings (SSSR count). The van der Waals surface area contributed by atoms with Gasteiger partial charge in [0.1, 0.15) is 11.2 Å². The molecule has 1 fully saturated rings. The van der Waals surface area contributed by atoms with E-state index in [9.17, 15) is 14.4 Å². The van der Waals surface area contributed by atoms with Crippen molar-refractivity contribution in [2.24, 2.45) is 5.92 Å². The summed E-state index contributed by atoms with van der Waals surface area (Å²) in [5.41, 5.74) is 2.42. The molecule has 2 aliphatic rings. The van der Waals surface area contributed by atoms with Gasteiger partial charge in [-0.2, -0.15) is 0 Å². The Hall–Kier alpha value is -3.73. The Bertz CT molecular complexity index is 1220. The van der Waals surface area contributed by atoms with Gasteiger partial charge in [0.15, 0.2) is 0 Å². The summed E-state index contributed by atoms with van der Waals surface area (Å²) in [5.74, 6) is -1.67. The van der Waals surface area contributed by atoms with Gasteiger partial charge >= 0.3 is 5.97 Å². The van der Waals surface area contributed by atoms with E-state index in [2.05, 4.69) is 0 Å². The van der Waals surface area contributed by atoms with E-state index in [-0.39, 0.29) is 18.2 Å². The molecule has 2 aliphatic heterocycles. The molecule has 5 nitrogen and oxygen atoms in total. The third-order valence-electron chi connectivity index (χ3n) is 6.28. The molecule has 2 amide bonds. The molecule has 2 heterocycles. The highest BCUT2D eigenvalue weighted by atomic mass is 16.5. The van der Waals surface area contributed by atoms with Crippen molar-refractivity contribution >= 4 is 23.5 Å². The van der Waals surface area contributed by atoms with Crippen LogP contribution >= 0.6 is 0 Å². The molecule has 31 heavy (non-hydrogen) atoms. The molecule has 2 atom stereocenters. The third-order valence-corrected chi connectivity index (χ3v) is 6.28. The second-order valence-electron chi connectivity index (χ2n) is 8.22. The number of benzene rings is 3. The summed E-state index contributed by atoms with van der Waals surface area (Å²) in [5, 5.41) is 0. The first-order valence-electron chi connectivity index (χ1n) is 10.3. The topological polar surface area (TPSA) is 63.7 Å². The molecule has 5 heteroatoms. The lowest BCUT2D eigenvalue weighted by atomic mass is 9.65. The molecule has 3 aromatic carbocycles. The van der Waals surface area contributed by atoms with Crippen LogP contribution < -0.4 is 9.64 Å². The fourth-order valence-electron chi connectivity index (χ4n) is 4.77. The minimum Gasteiger partial charge on any atom is -0.425 e. The molecule has 0 radical (unpaired) electrons. The van der Waals surface area contributed by atoms with Crippen molar-refractivity contribution in [3.8, 4) is 5.75 Å². The summed E-state index contributed by atoms with van der Waals surface area (Å²) >= 11 is 0. The summed E-state index contributed by atoms with van der Waals surface area (Å²) in [6, 6.07) is 21.9. The average Bonchev–Trinajstić information content (AvgIpc) is 3.22. The zero-order chi connectivity index (χ0) is 21.8. The van der Waals surface area contributed by atoms with Crippen molar-refractivity contribution in [1.29, 1.82) is 0 Å². The molecule has 0 unspecified atom stereocenters. The van der Waals surface area contributed by atoms with Crippen LogP contribution in [0.4, 0.5) is 5.69 Å². The van der Waals surface area contributed by atoms with E-state index in [1.54, 1.807) is 18.2 Å². The second-order valence-corrected chi connectivity index (χ2v) is 8.22. The predicted molar refractivity (Wildman–Crippen MR) is 116 cm³/mol. The van der Waals surface area contributed by atoms with Crippen LogP contribution in [-0.2, 0) is 19.8 Å². The van der Waals surface area contributed by atoms with E-state index in [4.69, 9.17) is 4.74 Å². The fraction of sp³-hybridized carbons (Fsp3) is 0.192. The molecule has 0 aliphatic carbocycles. The van der Waals surface area contributed by atoms with Gasteiger partial charge in [-0.3, -0.25) is 19.3 Å². The Balaban J connectivity index is 1.71. The number of ether oxygens (including phenoxy) is 1. The lowest BCUT2D eigenvalue weighted by Gasteiger charge is -2.31. The van der Waals surface area contributed by atoms with Crippen LogP contribution in [0.1, 0.15) is 28.7 Å². The number of imide groups is 1. The van der Waals surface area contributed by atoms with Gasteiger partial charge in [0.2, 0.25) is 11.8 Å². The van der Waals surface area contributed by atoms with Gasteiger partial charge in [-0.1, -0.05) is 65.7 Å². The van der Waals surface area contributed by atoms with Gasteiger partial charge in [0, 0.05) is 12.0 Å². The first kappa shape index (κ1) is 19.2. The zero-order valence-corrected chi connectivity index (χ0v) is 17.3. The first-order valence-corrected chi connectivity index (χ1v) is 10.3. The average molecular weight is 411 g/mol. The smallest absolute Gasteiger partial charge is 0.327 e. The van der Waals surface area contributed by atoms with Gasteiger partial charge in [0.25, 0.3) is 0 Å². The molecule has 1 saturated heterocycles. The van der Waals surface area contributed by atoms with Crippen LogP contribution in [0.25, 0.3) is 0 Å². The lowest BCUT2D eigenvalue weighted by Crippen LogP contribution is -2.46. The SMILES string of the molecule is Cc1ccc(N2C(=O)C[C@@H]([C@@]3(c4ccccc4)C(=O)Oc4ccc(C)cc43)C2=O)cc1. The van der Waals surface area contributed by atoms with Crippen molar-refractivity contribution in [1.82, 2.24) is 0 Å². The quantitative estimate of drug-likeness (QED) is 0.370. The standard InChI is InChI=1S/C26H21NO4/c1-16-8-11-19(12-9-16)27-23(28)15-21(24(27)29)26(18-6-4-3-5-7-18)20-14-17(2)10-13-22(20)31-25(26)30/h3-14,21H,15H2,1-2H3/t21-,26+/m1/s1. The summed E-state index contributed by atoms with van der Waals surface area (Å²) in [7, 11) is 0. The van der Waals surface area contributed by atoms with Crippen LogP contribution in [0.2, 0.25) is 0 Å². The molecular formula is C26H21NO4. The maximum atomic E-state index is 13.7. The number of hydrogen-bond donors (Lipinski definition) is 0. The van der Waals surface area contributed by atoms with E-state index in [0.29, 0.717) is 22.6 Å². The molecule has 0 N–H and O–H groups in total. The normalized spacial score (nSPS) is 22.6. The zero-order valence-electron chi connectivity index (χ0n) is 17.3. The number of anilines is 1.